The Morgan fingerprint density at radius 3 is 2.29 bits per heavy atom. The fourth-order valence-electron chi connectivity index (χ4n) is 1.06. The molecular formula is C10H12Br2OS. The molecule has 0 N–H and O–H groups in total. The topological polar surface area (TPSA) is 17.1 Å². The largest absolute Gasteiger partial charge is 0.294 e. The standard InChI is InChI=1S/C10H12Br2OS/c1-5(2)6(3)9(13)7-4-8(11)14-10(7)12/h4-6H,1-3H3. The first-order chi connectivity index (χ1) is 6.43. The number of carbonyl (C=O) groups excluding carboxylic acids is 1. The lowest BCUT2D eigenvalue weighted by molar-refractivity contribution is 0.0899. The van der Waals surface area contributed by atoms with Gasteiger partial charge in [0.05, 0.1) is 7.57 Å². The zero-order chi connectivity index (χ0) is 10.9. The van der Waals surface area contributed by atoms with E-state index in [1.165, 1.54) is 11.3 Å². The smallest absolute Gasteiger partial charge is 0.167 e. The summed E-state index contributed by atoms with van der Waals surface area (Å²) >= 11 is 8.32. The van der Waals surface area contributed by atoms with Crippen LogP contribution in [0.1, 0.15) is 31.1 Å². The molecule has 0 saturated carbocycles. The maximum absolute atomic E-state index is 12.0. The summed E-state index contributed by atoms with van der Waals surface area (Å²) in [4.78, 5) is 12.0. The highest BCUT2D eigenvalue weighted by molar-refractivity contribution is 9.12. The van der Waals surface area contributed by atoms with Crippen LogP contribution < -0.4 is 0 Å². The fraction of sp³-hybridized carbons (Fsp3) is 0.500. The zero-order valence-electron chi connectivity index (χ0n) is 8.30. The van der Waals surface area contributed by atoms with Gasteiger partial charge in [-0.05, 0) is 43.8 Å². The van der Waals surface area contributed by atoms with Crippen molar-refractivity contribution in [2.24, 2.45) is 11.8 Å². The van der Waals surface area contributed by atoms with Crippen LogP contribution in [0.3, 0.4) is 0 Å². The van der Waals surface area contributed by atoms with E-state index >= 15 is 0 Å². The molecule has 0 aliphatic carbocycles. The van der Waals surface area contributed by atoms with Crippen molar-refractivity contribution in [2.45, 2.75) is 20.8 Å². The van der Waals surface area contributed by atoms with E-state index in [1.54, 1.807) is 0 Å². The molecule has 0 aliphatic heterocycles. The molecule has 0 aromatic carbocycles. The average Bonchev–Trinajstić information content (AvgIpc) is 2.42. The predicted molar refractivity (Wildman–Crippen MR) is 68.1 cm³/mol. The van der Waals surface area contributed by atoms with Gasteiger partial charge in [-0.25, -0.2) is 0 Å². The first kappa shape index (κ1) is 12.4. The van der Waals surface area contributed by atoms with E-state index in [0.29, 0.717) is 5.92 Å². The number of halogens is 2. The molecule has 4 heteroatoms. The molecule has 0 radical (unpaired) electrons. The number of carbonyl (C=O) groups is 1. The Labute approximate surface area is 105 Å². The minimum absolute atomic E-state index is 0.0767. The second-order valence-corrected chi connectivity index (χ2v) is 7.38. The van der Waals surface area contributed by atoms with Crippen molar-refractivity contribution in [1.29, 1.82) is 0 Å². The second-order valence-electron chi connectivity index (χ2n) is 3.63. The highest BCUT2D eigenvalue weighted by atomic mass is 79.9. The van der Waals surface area contributed by atoms with Crippen molar-refractivity contribution in [3.63, 3.8) is 0 Å². The molecule has 0 bridgehead atoms. The Balaban J connectivity index is 2.95. The summed E-state index contributed by atoms with van der Waals surface area (Å²) in [7, 11) is 0. The molecule has 78 valence electrons. The molecule has 0 fully saturated rings. The summed E-state index contributed by atoms with van der Waals surface area (Å²) < 4.78 is 1.91. The van der Waals surface area contributed by atoms with Crippen molar-refractivity contribution in [2.75, 3.05) is 0 Å². The summed E-state index contributed by atoms with van der Waals surface area (Å²) in [5.41, 5.74) is 0.795. The molecule has 1 atom stereocenters. The van der Waals surface area contributed by atoms with Crippen LogP contribution in [0.2, 0.25) is 0 Å². The summed E-state index contributed by atoms with van der Waals surface area (Å²) in [6, 6.07) is 1.88. The lowest BCUT2D eigenvalue weighted by Crippen LogP contribution is -2.16. The number of hydrogen-bond donors (Lipinski definition) is 0. The van der Waals surface area contributed by atoms with Crippen LogP contribution in [0.15, 0.2) is 13.6 Å². The highest BCUT2D eigenvalue weighted by Crippen LogP contribution is 2.34. The van der Waals surface area contributed by atoms with Gasteiger partial charge in [0, 0.05) is 11.5 Å². The molecule has 1 heterocycles. The summed E-state index contributed by atoms with van der Waals surface area (Å²) in [5, 5.41) is 0. The number of Topliss-reactive ketones (excluding diaryl/α,β-unsaturated/α-hetero) is 1. The SMILES string of the molecule is CC(C)C(C)C(=O)c1cc(Br)sc1Br. The number of rotatable bonds is 3. The zero-order valence-corrected chi connectivity index (χ0v) is 12.3. The fourth-order valence-corrected chi connectivity index (χ4v) is 3.87. The molecule has 1 rings (SSSR count). The number of ketones is 1. The Morgan fingerprint density at radius 2 is 1.93 bits per heavy atom. The molecular weight excluding hydrogens is 328 g/mol. The molecule has 1 aromatic heterocycles. The van der Waals surface area contributed by atoms with Crippen LogP contribution in [0.25, 0.3) is 0 Å². The van der Waals surface area contributed by atoms with Gasteiger partial charge in [0.1, 0.15) is 0 Å². The van der Waals surface area contributed by atoms with E-state index in [1.807, 2.05) is 13.0 Å². The van der Waals surface area contributed by atoms with Gasteiger partial charge >= 0.3 is 0 Å². The second kappa shape index (κ2) is 4.90. The van der Waals surface area contributed by atoms with E-state index in [-0.39, 0.29) is 11.7 Å². The van der Waals surface area contributed by atoms with Gasteiger partial charge in [-0.15, -0.1) is 11.3 Å². The van der Waals surface area contributed by atoms with Crippen LogP contribution in [0.4, 0.5) is 0 Å². The van der Waals surface area contributed by atoms with Crippen molar-refractivity contribution in [3.8, 4) is 0 Å². The molecule has 0 amide bonds. The van der Waals surface area contributed by atoms with Gasteiger partial charge in [0.25, 0.3) is 0 Å². The predicted octanol–water partition coefficient (Wildman–Crippen LogP) is 4.75. The van der Waals surface area contributed by atoms with Crippen LogP contribution in [-0.2, 0) is 0 Å². The Hall–Kier alpha value is 0.330. The van der Waals surface area contributed by atoms with Crippen molar-refractivity contribution < 1.29 is 4.79 Å². The van der Waals surface area contributed by atoms with Crippen LogP contribution in [0, 0.1) is 11.8 Å². The Kier molecular flexibility index (Phi) is 4.34. The van der Waals surface area contributed by atoms with E-state index in [4.69, 9.17) is 0 Å². The molecule has 0 aliphatic rings. The maximum Gasteiger partial charge on any atom is 0.167 e. The van der Waals surface area contributed by atoms with Gasteiger partial charge in [0.15, 0.2) is 5.78 Å². The first-order valence-corrected chi connectivity index (χ1v) is 6.82. The third-order valence-corrected chi connectivity index (χ3v) is 4.67. The third kappa shape index (κ3) is 2.67. The summed E-state index contributed by atoms with van der Waals surface area (Å²) in [5.74, 6) is 0.676. The summed E-state index contributed by atoms with van der Waals surface area (Å²) in [6.45, 7) is 6.11. The van der Waals surface area contributed by atoms with Crippen molar-refractivity contribution >= 4 is 49.0 Å². The van der Waals surface area contributed by atoms with E-state index in [0.717, 1.165) is 13.1 Å². The minimum Gasteiger partial charge on any atom is -0.294 e. The van der Waals surface area contributed by atoms with Gasteiger partial charge in [-0.1, -0.05) is 20.8 Å². The van der Waals surface area contributed by atoms with Crippen LogP contribution >= 0.6 is 43.2 Å². The lowest BCUT2D eigenvalue weighted by Gasteiger charge is -2.13. The van der Waals surface area contributed by atoms with Crippen molar-refractivity contribution in [3.05, 3.63) is 19.2 Å². The molecule has 0 spiro atoms. The molecule has 1 nitrogen and oxygen atoms in total. The maximum atomic E-state index is 12.0. The molecule has 1 unspecified atom stereocenters. The minimum atomic E-state index is 0.0767. The van der Waals surface area contributed by atoms with Crippen molar-refractivity contribution in [1.82, 2.24) is 0 Å². The Bertz CT molecular complexity index is 344. The third-order valence-electron chi connectivity index (χ3n) is 2.34. The van der Waals surface area contributed by atoms with E-state index in [9.17, 15) is 4.79 Å². The lowest BCUT2D eigenvalue weighted by atomic mass is 9.91. The normalized spacial score (nSPS) is 13.3. The first-order valence-electron chi connectivity index (χ1n) is 4.42. The van der Waals surface area contributed by atoms with E-state index in [2.05, 4.69) is 45.7 Å². The molecule has 0 saturated heterocycles. The van der Waals surface area contributed by atoms with E-state index < -0.39 is 0 Å². The van der Waals surface area contributed by atoms with Gasteiger partial charge < -0.3 is 0 Å². The van der Waals surface area contributed by atoms with Gasteiger partial charge in [0.2, 0.25) is 0 Å². The monoisotopic (exact) mass is 338 g/mol. The van der Waals surface area contributed by atoms with Crippen LogP contribution in [-0.4, -0.2) is 5.78 Å². The average molecular weight is 340 g/mol. The van der Waals surface area contributed by atoms with Gasteiger partial charge in [-0.3, -0.25) is 4.79 Å². The number of thiophene rings is 1. The quantitative estimate of drug-likeness (QED) is 0.726. The number of hydrogen-bond acceptors (Lipinski definition) is 2. The molecule has 14 heavy (non-hydrogen) atoms. The highest BCUT2D eigenvalue weighted by Gasteiger charge is 2.21. The van der Waals surface area contributed by atoms with Crippen LogP contribution in [0.5, 0.6) is 0 Å². The Morgan fingerprint density at radius 1 is 1.36 bits per heavy atom. The molecule has 1 aromatic rings. The summed E-state index contributed by atoms with van der Waals surface area (Å²) in [6.07, 6.45) is 0. The van der Waals surface area contributed by atoms with Gasteiger partial charge in [-0.2, -0.15) is 0 Å².